The Morgan fingerprint density at radius 2 is 2.33 bits per heavy atom. The molecule has 0 saturated carbocycles. The molecule has 0 fully saturated rings. The van der Waals surface area contributed by atoms with Gasteiger partial charge < -0.3 is 0 Å². The molecule has 1 aromatic rings. The Morgan fingerprint density at radius 3 is 2.83 bits per heavy atom. The maximum atomic E-state index is 4.11. The molecule has 0 N–H and O–H groups in total. The van der Waals surface area contributed by atoms with Gasteiger partial charge >= 0.3 is 0 Å². The summed E-state index contributed by atoms with van der Waals surface area (Å²) in [6.45, 7) is 6.68. The van der Waals surface area contributed by atoms with Gasteiger partial charge in [-0.3, -0.25) is 4.68 Å². The van der Waals surface area contributed by atoms with Gasteiger partial charge in [-0.05, 0) is 20.3 Å². The highest BCUT2D eigenvalue weighted by Gasteiger charge is 2.02. The second-order valence-corrected chi connectivity index (χ2v) is 2.61. The van der Waals surface area contributed by atoms with Gasteiger partial charge in [0.05, 0.1) is 0 Å². The lowest BCUT2D eigenvalue weighted by Crippen LogP contribution is -2.00. The first-order chi connectivity index (χ1) is 5.79. The second kappa shape index (κ2) is 3.96. The molecular weight excluding hydrogens is 148 g/mol. The van der Waals surface area contributed by atoms with Crippen molar-refractivity contribution in [2.24, 2.45) is 0 Å². The van der Waals surface area contributed by atoms with E-state index in [9.17, 15) is 0 Å². The van der Waals surface area contributed by atoms with Gasteiger partial charge in [0.1, 0.15) is 12.7 Å². The van der Waals surface area contributed by atoms with Crippen LogP contribution in [-0.4, -0.2) is 9.78 Å². The highest BCUT2D eigenvalue weighted by Crippen LogP contribution is 2.05. The van der Waals surface area contributed by atoms with E-state index in [0.717, 1.165) is 6.42 Å². The number of rotatable bonds is 2. The standard InChI is InChI=1S/C10H13N2/c1-4-6-7-12-9(3)10(5-2)8-11-12/h5,7H2,1-3H3. The fraction of sp³-hybridized carbons (Fsp3) is 0.500. The molecule has 2 heteroatoms. The van der Waals surface area contributed by atoms with E-state index in [4.69, 9.17) is 0 Å². The third kappa shape index (κ3) is 1.68. The highest BCUT2D eigenvalue weighted by molar-refractivity contribution is 5.15. The minimum atomic E-state index is 0.679. The molecule has 1 aromatic heterocycles. The maximum absolute atomic E-state index is 4.11. The van der Waals surface area contributed by atoms with Crippen molar-refractivity contribution in [2.45, 2.75) is 33.7 Å². The van der Waals surface area contributed by atoms with Crippen LogP contribution in [0.15, 0.2) is 0 Å². The largest absolute Gasteiger partial charge is 0.257 e. The monoisotopic (exact) mass is 161 g/mol. The average Bonchev–Trinajstić information content (AvgIpc) is 2.43. The van der Waals surface area contributed by atoms with Gasteiger partial charge in [0.2, 0.25) is 0 Å². The summed E-state index contributed by atoms with van der Waals surface area (Å²) in [4.78, 5) is 0. The number of aromatic nitrogens is 2. The lowest BCUT2D eigenvalue weighted by atomic mass is 10.2. The van der Waals surface area contributed by atoms with Crippen molar-refractivity contribution in [1.29, 1.82) is 0 Å². The molecule has 0 saturated heterocycles. The molecule has 1 rings (SSSR count). The van der Waals surface area contributed by atoms with Gasteiger partial charge in [-0.1, -0.05) is 12.8 Å². The van der Waals surface area contributed by atoms with E-state index >= 15 is 0 Å². The molecule has 2 nitrogen and oxygen atoms in total. The van der Waals surface area contributed by atoms with Crippen molar-refractivity contribution in [3.8, 4) is 11.8 Å². The maximum Gasteiger partial charge on any atom is 0.116 e. The van der Waals surface area contributed by atoms with Crippen LogP contribution < -0.4 is 0 Å². The zero-order valence-corrected chi connectivity index (χ0v) is 7.81. The highest BCUT2D eigenvalue weighted by atomic mass is 15.3. The number of aryl methyl sites for hydroxylation is 1. The van der Waals surface area contributed by atoms with Gasteiger partial charge in [-0.15, -0.1) is 5.92 Å². The summed E-state index contributed by atoms with van der Waals surface area (Å²) in [6.07, 6.45) is 3.97. The van der Waals surface area contributed by atoms with Gasteiger partial charge in [0.15, 0.2) is 0 Å². The summed E-state index contributed by atoms with van der Waals surface area (Å²) >= 11 is 0. The van der Waals surface area contributed by atoms with Crippen LogP contribution in [0.4, 0.5) is 0 Å². The molecular formula is C10H13N2. The Morgan fingerprint density at radius 1 is 1.58 bits per heavy atom. The van der Waals surface area contributed by atoms with E-state index in [2.05, 4.69) is 37.0 Å². The molecule has 63 valence electrons. The number of hydrogen-bond donors (Lipinski definition) is 0. The molecule has 0 aliphatic rings. The van der Waals surface area contributed by atoms with Crippen LogP contribution in [-0.2, 0) is 13.0 Å². The van der Waals surface area contributed by atoms with Crippen molar-refractivity contribution < 1.29 is 0 Å². The zero-order valence-electron chi connectivity index (χ0n) is 7.81. The van der Waals surface area contributed by atoms with E-state index in [0.29, 0.717) is 6.54 Å². The second-order valence-electron chi connectivity index (χ2n) is 2.61. The molecule has 0 aromatic carbocycles. The Hall–Kier alpha value is -1.23. The lowest BCUT2D eigenvalue weighted by Gasteiger charge is -1.98. The van der Waals surface area contributed by atoms with Crippen LogP contribution in [0.5, 0.6) is 0 Å². The van der Waals surface area contributed by atoms with Crippen LogP contribution in [0.2, 0.25) is 0 Å². The van der Waals surface area contributed by atoms with Crippen molar-refractivity contribution in [3.05, 3.63) is 17.5 Å². The molecule has 0 aliphatic carbocycles. The molecule has 0 bridgehead atoms. The first-order valence-corrected chi connectivity index (χ1v) is 4.13. The smallest absolute Gasteiger partial charge is 0.116 e. The molecule has 0 amide bonds. The zero-order chi connectivity index (χ0) is 8.97. The molecule has 0 atom stereocenters. The summed E-state index contributed by atoms with van der Waals surface area (Å²) in [5.74, 6) is 5.82. The van der Waals surface area contributed by atoms with Crippen molar-refractivity contribution in [3.63, 3.8) is 0 Å². The lowest BCUT2D eigenvalue weighted by molar-refractivity contribution is 0.688. The van der Waals surface area contributed by atoms with Crippen LogP contribution in [0.1, 0.15) is 25.1 Å². The Labute approximate surface area is 73.6 Å². The van der Waals surface area contributed by atoms with Gasteiger partial charge in [0.25, 0.3) is 0 Å². The van der Waals surface area contributed by atoms with E-state index in [1.807, 2.05) is 11.6 Å². The molecule has 1 radical (unpaired) electrons. The number of hydrogen-bond acceptors (Lipinski definition) is 1. The van der Waals surface area contributed by atoms with Crippen LogP contribution >= 0.6 is 0 Å². The van der Waals surface area contributed by atoms with E-state index in [-0.39, 0.29) is 0 Å². The third-order valence-electron chi connectivity index (χ3n) is 1.89. The number of nitrogens with zero attached hydrogens (tertiary/aromatic N) is 2. The molecule has 12 heavy (non-hydrogen) atoms. The minimum Gasteiger partial charge on any atom is -0.257 e. The van der Waals surface area contributed by atoms with Crippen LogP contribution in [0.3, 0.4) is 0 Å². The topological polar surface area (TPSA) is 17.8 Å². The van der Waals surface area contributed by atoms with Crippen molar-refractivity contribution in [1.82, 2.24) is 9.78 Å². The van der Waals surface area contributed by atoms with Gasteiger partial charge in [-0.25, -0.2) is 0 Å². The summed E-state index contributed by atoms with van der Waals surface area (Å²) < 4.78 is 1.88. The summed E-state index contributed by atoms with van der Waals surface area (Å²) in [5.41, 5.74) is 2.37. The fourth-order valence-electron chi connectivity index (χ4n) is 1.08. The molecule has 0 spiro atoms. The van der Waals surface area contributed by atoms with Crippen LogP contribution in [0, 0.1) is 25.0 Å². The predicted molar refractivity (Wildman–Crippen MR) is 48.6 cm³/mol. The summed E-state index contributed by atoms with van der Waals surface area (Å²) in [7, 11) is 0. The summed E-state index contributed by atoms with van der Waals surface area (Å²) in [6, 6.07) is 0. The van der Waals surface area contributed by atoms with E-state index in [1.165, 1.54) is 11.3 Å². The quantitative estimate of drug-likeness (QED) is 0.602. The Kier molecular flexibility index (Phi) is 2.93. The van der Waals surface area contributed by atoms with E-state index in [1.54, 1.807) is 0 Å². The van der Waals surface area contributed by atoms with Crippen LogP contribution in [0.25, 0.3) is 0 Å². The van der Waals surface area contributed by atoms with Gasteiger partial charge in [-0.2, -0.15) is 5.10 Å². The normalized spacial score (nSPS) is 9.25. The minimum absolute atomic E-state index is 0.679. The Bertz CT molecular complexity index is 312. The Balaban J connectivity index is 2.84. The first-order valence-electron chi connectivity index (χ1n) is 4.13. The average molecular weight is 161 g/mol. The van der Waals surface area contributed by atoms with Crippen molar-refractivity contribution in [2.75, 3.05) is 0 Å². The molecule has 0 unspecified atom stereocenters. The SMILES string of the molecule is CC#CCn1n[c]c(CC)c1C. The molecule has 0 aliphatic heterocycles. The fourth-order valence-corrected chi connectivity index (χ4v) is 1.08. The first kappa shape index (κ1) is 8.86. The molecule has 1 heterocycles. The van der Waals surface area contributed by atoms with Gasteiger partial charge in [0, 0.05) is 11.3 Å². The van der Waals surface area contributed by atoms with Crippen molar-refractivity contribution >= 4 is 0 Å². The third-order valence-corrected chi connectivity index (χ3v) is 1.89. The predicted octanol–water partition coefficient (Wildman–Crippen LogP) is 1.58. The summed E-state index contributed by atoms with van der Waals surface area (Å²) in [5, 5.41) is 4.11. The van der Waals surface area contributed by atoms with E-state index < -0.39 is 0 Å².